The molecular formula is C8H18N2O2S. The van der Waals surface area contributed by atoms with Gasteiger partial charge in [0.1, 0.15) is 0 Å². The maximum Gasteiger partial charge on any atom is 0.211 e. The molecule has 78 valence electrons. The Morgan fingerprint density at radius 3 is 2.54 bits per heavy atom. The van der Waals surface area contributed by atoms with Crippen molar-refractivity contribution in [2.24, 2.45) is 11.7 Å². The van der Waals surface area contributed by atoms with Gasteiger partial charge in [-0.2, -0.15) is 0 Å². The average molecular weight is 206 g/mol. The van der Waals surface area contributed by atoms with Crippen LogP contribution in [0.4, 0.5) is 0 Å². The van der Waals surface area contributed by atoms with Crippen LogP contribution in [-0.2, 0) is 10.0 Å². The van der Waals surface area contributed by atoms with Crippen molar-refractivity contribution in [3.05, 3.63) is 0 Å². The van der Waals surface area contributed by atoms with E-state index >= 15 is 0 Å². The highest BCUT2D eigenvalue weighted by molar-refractivity contribution is 7.89. The zero-order chi connectivity index (χ0) is 9.73. The fraction of sp³-hybridized carbons (Fsp3) is 1.00. The molecule has 0 saturated heterocycles. The average Bonchev–Trinajstić information content (AvgIpc) is 2.81. The first-order valence-corrected chi connectivity index (χ1v) is 6.46. The van der Waals surface area contributed by atoms with E-state index in [-0.39, 0.29) is 0 Å². The highest BCUT2D eigenvalue weighted by atomic mass is 32.2. The third kappa shape index (κ3) is 5.23. The van der Waals surface area contributed by atoms with Crippen LogP contribution in [0.3, 0.4) is 0 Å². The van der Waals surface area contributed by atoms with Crippen LogP contribution in [0.1, 0.15) is 25.7 Å². The molecule has 5 heteroatoms. The fourth-order valence-corrected chi connectivity index (χ4v) is 2.68. The monoisotopic (exact) mass is 206 g/mol. The molecule has 3 N–H and O–H groups in total. The first-order valence-electron chi connectivity index (χ1n) is 4.81. The smallest absolute Gasteiger partial charge is 0.211 e. The van der Waals surface area contributed by atoms with Gasteiger partial charge in [-0.3, -0.25) is 0 Å². The van der Waals surface area contributed by atoms with Gasteiger partial charge in [0.2, 0.25) is 10.0 Å². The van der Waals surface area contributed by atoms with Crippen LogP contribution in [0.15, 0.2) is 0 Å². The molecule has 1 aliphatic carbocycles. The van der Waals surface area contributed by atoms with Gasteiger partial charge in [0.25, 0.3) is 0 Å². The number of rotatable bonds is 7. The Morgan fingerprint density at radius 2 is 2.00 bits per heavy atom. The summed E-state index contributed by atoms with van der Waals surface area (Å²) in [6, 6.07) is 0. The van der Waals surface area contributed by atoms with Gasteiger partial charge in [0, 0.05) is 6.54 Å². The molecule has 0 unspecified atom stereocenters. The van der Waals surface area contributed by atoms with Gasteiger partial charge in [-0.05, 0) is 38.1 Å². The molecule has 0 aromatic carbocycles. The van der Waals surface area contributed by atoms with E-state index in [1.807, 2.05) is 0 Å². The minimum atomic E-state index is -2.99. The van der Waals surface area contributed by atoms with Crippen molar-refractivity contribution in [1.82, 2.24) is 4.72 Å². The van der Waals surface area contributed by atoms with Crippen molar-refractivity contribution in [3.8, 4) is 0 Å². The van der Waals surface area contributed by atoms with Crippen molar-refractivity contribution >= 4 is 10.0 Å². The standard InChI is InChI=1S/C8H18N2O2S/c9-5-1-2-6-10-13(11,12)7-8-3-4-8/h8,10H,1-7,9H2. The summed E-state index contributed by atoms with van der Waals surface area (Å²) in [7, 11) is -2.99. The number of hydrogen-bond donors (Lipinski definition) is 2. The summed E-state index contributed by atoms with van der Waals surface area (Å²) in [5.74, 6) is 0.738. The predicted molar refractivity (Wildman–Crippen MR) is 52.8 cm³/mol. The second-order valence-corrected chi connectivity index (χ2v) is 5.47. The lowest BCUT2D eigenvalue weighted by Gasteiger charge is -2.04. The Labute approximate surface area is 79.9 Å². The maximum absolute atomic E-state index is 11.3. The summed E-state index contributed by atoms with van der Waals surface area (Å²) >= 11 is 0. The highest BCUT2D eigenvalue weighted by Gasteiger charge is 2.27. The quantitative estimate of drug-likeness (QED) is 0.578. The zero-order valence-electron chi connectivity index (χ0n) is 7.83. The van der Waals surface area contributed by atoms with Crippen molar-refractivity contribution in [3.63, 3.8) is 0 Å². The van der Waals surface area contributed by atoms with Crippen LogP contribution < -0.4 is 10.5 Å². The summed E-state index contributed by atoms with van der Waals surface area (Å²) in [6.07, 6.45) is 3.86. The molecular weight excluding hydrogens is 188 g/mol. The molecule has 13 heavy (non-hydrogen) atoms. The second kappa shape index (κ2) is 4.93. The zero-order valence-corrected chi connectivity index (χ0v) is 8.65. The minimum absolute atomic E-state index is 0.315. The van der Waals surface area contributed by atoms with Crippen molar-refractivity contribution in [2.75, 3.05) is 18.8 Å². The van der Waals surface area contributed by atoms with Crippen molar-refractivity contribution < 1.29 is 8.42 Å². The third-order valence-corrected chi connectivity index (χ3v) is 3.66. The summed E-state index contributed by atoms with van der Waals surface area (Å²) in [5.41, 5.74) is 5.29. The van der Waals surface area contributed by atoms with Gasteiger partial charge in [0.15, 0.2) is 0 Å². The van der Waals surface area contributed by atoms with Crippen LogP contribution in [-0.4, -0.2) is 27.3 Å². The van der Waals surface area contributed by atoms with Crippen LogP contribution in [0.25, 0.3) is 0 Å². The lowest BCUT2D eigenvalue weighted by Crippen LogP contribution is -2.28. The molecule has 0 bridgehead atoms. The van der Waals surface area contributed by atoms with E-state index in [1.54, 1.807) is 0 Å². The fourth-order valence-electron chi connectivity index (χ4n) is 1.15. The maximum atomic E-state index is 11.3. The molecule has 4 nitrogen and oxygen atoms in total. The predicted octanol–water partition coefficient (Wildman–Crippen LogP) is 0.0547. The van der Waals surface area contributed by atoms with Crippen LogP contribution in [0.2, 0.25) is 0 Å². The lowest BCUT2D eigenvalue weighted by molar-refractivity contribution is 0.573. The Morgan fingerprint density at radius 1 is 1.31 bits per heavy atom. The van der Waals surface area contributed by atoms with E-state index < -0.39 is 10.0 Å². The van der Waals surface area contributed by atoms with Crippen LogP contribution in [0, 0.1) is 5.92 Å². The number of unbranched alkanes of at least 4 members (excludes halogenated alkanes) is 1. The van der Waals surface area contributed by atoms with Gasteiger partial charge < -0.3 is 5.73 Å². The van der Waals surface area contributed by atoms with Crippen molar-refractivity contribution in [1.29, 1.82) is 0 Å². The Balaban J connectivity index is 2.10. The Kier molecular flexibility index (Phi) is 4.15. The summed E-state index contributed by atoms with van der Waals surface area (Å²) in [4.78, 5) is 0. The normalized spacial score (nSPS) is 17.6. The summed E-state index contributed by atoms with van der Waals surface area (Å²) in [5, 5.41) is 0. The first kappa shape index (κ1) is 10.9. The number of sulfonamides is 1. The molecule has 0 aliphatic heterocycles. The molecule has 0 aromatic rings. The Bertz CT molecular complexity index is 235. The summed E-state index contributed by atoms with van der Waals surface area (Å²) in [6.45, 7) is 1.16. The highest BCUT2D eigenvalue weighted by Crippen LogP contribution is 2.29. The van der Waals surface area contributed by atoms with Crippen LogP contribution in [0.5, 0.6) is 0 Å². The van der Waals surface area contributed by atoms with E-state index in [2.05, 4.69) is 4.72 Å². The molecule has 0 spiro atoms. The minimum Gasteiger partial charge on any atom is -0.330 e. The van der Waals surface area contributed by atoms with Crippen molar-refractivity contribution in [2.45, 2.75) is 25.7 Å². The third-order valence-electron chi connectivity index (χ3n) is 2.10. The summed E-state index contributed by atoms with van der Waals surface area (Å²) < 4.78 is 25.2. The van der Waals surface area contributed by atoms with E-state index in [4.69, 9.17) is 5.73 Å². The van der Waals surface area contributed by atoms with E-state index in [1.165, 1.54) is 0 Å². The molecule has 1 aliphatic rings. The lowest BCUT2D eigenvalue weighted by atomic mass is 10.3. The molecule has 1 rings (SSSR count). The van der Waals surface area contributed by atoms with E-state index in [9.17, 15) is 8.42 Å². The Hall–Kier alpha value is -0.130. The molecule has 0 heterocycles. The second-order valence-electron chi connectivity index (χ2n) is 3.61. The molecule has 1 fully saturated rings. The first-order chi connectivity index (χ1) is 6.14. The SMILES string of the molecule is NCCCCNS(=O)(=O)CC1CC1. The van der Waals surface area contributed by atoms with Gasteiger partial charge in [0.05, 0.1) is 5.75 Å². The van der Waals surface area contributed by atoms with Gasteiger partial charge in [-0.25, -0.2) is 13.1 Å². The van der Waals surface area contributed by atoms with Gasteiger partial charge in [-0.15, -0.1) is 0 Å². The molecule has 0 aromatic heterocycles. The van der Waals surface area contributed by atoms with Gasteiger partial charge in [-0.1, -0.05) is 0 Å². The molecule has 0 radical (unpaired) electrons. The number of nitrogens with one attached hydrogen (secondary N) is 1. The number of nitrogens with two attached hydrogens (primary N) is 1. The topological polar surface area (TPSA) is 72.2 Å². The molecule has 0 atom stereocenters. The largest absolute Gasteiger partial charge is 0.330 e. The van der Waals surface area contributed by atoms with E-state index in [0.29, 0.717) is 24.8 Å². The van der Waals surface area contributed by atoms with E-state index in [0.717, 1.165) is 25.7 Å². The number of hydrogen-bond acceptors (Lipinski definition) is 3. The molecule has 1 saturated carbocycles. The van der Waals surface area contributed by atoms with Gasteiger partial charge >= 0.3 is 0 Å². The molecule has 0 amide bonds. The van der Waals surface area contributed by atoms with Crippen LogP contribution >= 0.6 is 0 Å².